The van der Waals surface area contributed by atoms with Crippen molar-refractivity contribution in [3.8, 4) is 0 Å². The number of halogens is 1. The van der Waals surface area contributed by atoms with Crippen LogP contribution in [0, 0.1) is 0 Å². The zero-order valence-corrected chi connectivity index (χ0v) is 15.3. The summed E-state index contributed by atoms with van der Waals surface area (Å²) in [5.41, 5.74) is 13.3. The van der Waals surface area contributed by atoms with Crippen molar-refractivity contribution in [2.24, 2.45) is 0 Å². The lowest BCUT2D eigenvalue weighted by Crippen LogP contribution is -2.30. The summed E-state index contributed by atoms with van der Waals surface area (Å²) in [4.78, 5) is 20.4. The monoisotopic (exact) mass is 412 g/mol. The number of aromatic nitrogens is 2. The Morgan fingerprint density at radius 2 is 1.69 bits per heavy atom. The van der Waals surface area contributed by atoms with Crippen molar-refractivity contribution >= 4 is 39.2 Å². The van der Waals surface area contributed by atoms with Gasteiger partial charge in [0.25, 0.3) is 5.91 Å². The number of benzene rings is 2. The van der Waals surface area contributed by atoms with E-state index in [0.717, 1.165) is 10.0 Å². The lowest BCUT2D eigenvalue weighted by atomic mass is 10.2. The van der Waals surface area contributed by atoms with E-state index in [0.29, 0.717) is 29.4 Å². The van der Waals surface area contributed by atoms with Gasteiger partial charge in [0.2, 0.25) is 0 Å². The van der Waals surface area contributed by atoms with Crippen LogP contribution in [0.15, 0.2) is 65.4 Å². The number of nitrogens with two attached hydrogens (primary N) is 1. The van der Waals surface area contributed by atoms with Gasteiger partial charge in [-0.3, -0.25) is 15.6 Å². The summed E-state index contributed by atoms with van der Waals surface area (Å²) in [6.45, 7) is 0.576. The van der Waals surface area contributed by atoms with E-state index in [4.69, 9.17) is 5.73 Å². The molecular formula is C18H17BrN6O. The Bertz CT molecular complexity index is 886. The van der Waals surface area contributed by atoms with Crippen LogP contribution in [0.25, 0.3) is 0 Å². The molecule has 7 nitrogen and oxygen atoms in total. The summed E-state index contributed by atoms with van der Waals surface area (Å²) >= 11 is 3.33. The number of rotatable bonds is 6. The minimum atomic E-state index is -0.297. The highest BCUT2D eigenvalue weighted by Crippen LogP contribution is 2.22. The second kappa shape index (κ2) is 8.30. The van der Waals surface area contributed by atoms with Crippen LogP contribution in [-0.2, 0) is 6.54 Å². The second-order valence-electron chi connectivity index (χ2n) is 5.41. The van der Waals surface area contributed by atoms with Crippen LogP contribution in [0.5, 0.6) is 0 Å². The Morgan fingerprint density at radius 3 is 2.42 bits per heavy atom. The van der Waals surface area contributed by atoms with E-state index in [9.17, 15) is 4.79 Å². The Balaban J connectivity index is 1.63. The van der Waals surface area contributed by atoms with Crippen molar-refractivity contribution in [2.45, 2.75) is 6.54 Å². The predicted molar refractivity (Wildman–Crippen MR) is 105 cm³/mol. The molecule has 0 bridgehead atoms. The van der Waals surface area contributed by atoms with Crippen LogP contribution in [0.3, 0.4) is 0 Å². The van der Waals surface area contributed by atoms with Crippen molar-refractivity contribution in [2.75, 3.05) is 16.5 Å². The van der Waals surface area contributed by atoms with Crippen molar-refractivity contribution in [1.29, 1.82) is 0 Å². The first kappa shape index (κ1) is 17.7. The van der Waals surface area contributed by atoms with Gasteiger partial charge in [0.05, 0.1) is 0 Å². The first-order valence-corrected chi connectivity index (χ1v) is 8.63. The number of nitrogens with zero attached hydrogens (tertiary/aromatic N) is 2. The zero-order chi connectivity index (χ0) is 18.4. The number of anilines is 3. The van der Waals surface area contributed by atoms with Gasteiger partial charge in [0, 0.05) is 16.6 Å². The van der Waals surface area contributed by atoms with Gasteiger partial charge < -0.3 is 11.1 Å². The first-order chi connectivity index (χ1) is 12.6. The molecule has 3 aromatic rings. The minimum Gasteiger partial charge on any atom is -0.393 e. The third-order valence-electron chi connectivity index (χ3n) is 3.59. The van der Waals surface area contributed by atoms with Crippen LogP contribution in [-0.4, -0.2) is 15.9 Å². The summed E-state index contributed by atoms with van der Waals surface area (Å²) in [5, 5.41) is 3.16. The largest absolute Gasteiger partial charge is 0.393 e. The zero-order valence-electron chi connectivity index (χ0n) is 13.7. The Kier molecular flexibility index (Phi) is 5.65. The van der Waals surface area contributed by atoms with Crippen LogP contribution in [0.1, 0.15) is 15.9 Å². The van der Waals surface area contributed by atoms with E-state index in [2.05, 4.69) is 42.1 Å². The van der Waals surface area contributed by atoms with Gasteiger partial charge in [-0.25, -0.2) is 9.97 Å². The molecule has 0 aliphatic rings. The number of carbonyl (C=O) groups is 1. The third-order valence-corrected chi connectivity index (χ3v) is 4.12. The van der Waals surface area contributed by atoms with E-state index < -0.39 is 0 Å². The van der Waals surface area contributed by atoms with E-state index in [1.807, 2.05) is 30.3 Å². The maximum Gasteiger partial charge on any atom is 0.269 e. The first-order valence-electron chi connectivity index (χ1n) is 7.83. The van der Waals surface area contributed by atoms with Crippen molar-refractivity contribution < 1.29 is 4.79 Å². The molecule has 2 aromatic carbocycles. The molecule has 0 saturated carbocycles. The highest BCUT2D eigenvalue weighted by Gasteiger charge is 2.10. The minimum absolute atomic E-state index is 0.297. The number of amides is 1. The highest BCUT2D eigenvalue weighted by atomic mass is 79.9. The van der Waals surface area contributed by atoms with Gasteiger partial charge >= 0.3 is 0 Å². The normalized spacial score (nSPS) is 10.2. The summed E-state index contributed by atoms with van der Waals surface area (Å²) < 4.78 is 0.899. The molecule has 0 unspecified atom stereocenters. The Morgan fingerprint density at radius 1 is 1.00 bits per heavy atom. The smallest absolute Gasteiger partial charge is 0.269 e. The molecule has 0 aliphatic heterocycles. The summed E-state index contributed by atoms with van der Waals surface area (Å²) in [7, 11) is 0. The molecule has 1 heterocycles. The standard InChI is InChI=1S/C18H17BrN6O/c19-14-8-6-13(7-9-14)18(26)25-24-17-15(20)16(22-11-23-17)21-10-12-4-2-1-3-5-12/h1-9,11H,10,20H2,(H,25,26)(H2,21,22,23,24). The van der Waals surface area contributed by atoms with Gasteiger partial charge in [-0.1, -0.05) is 46.3 Å². The summed E-state index contributed by atoms with van der Waals surface area (Å²) in [6, 6.07) is 16.9. The maximum absolute atomic E-state index is 12.1. The molecule has 1 aromatic heterocycles. The fourth-order valence-corrected chi connectivity index (χ4v) is 2.47. The van der Waals surface area contributed by atoms with E-state index in [1.54, 1.807) is 24.3 Å². The van der Waals surface area contributed by atoms with Crippen LogP contribution in [0.2, 0.25) is 0 Å². The molecular weight excluding hydrogens is 396 g/mol. The fraction of sp³-hybridized carbons (Fsp3) is 0.0556. The quantitative estimate of drug-likeness (QED) is 0.463. The number of hydrogen-bond donors (Lipinski definition) is 4. The summed E-state index contributed by atoms with van der Waals surface area (Å²) in [5.74, 6) is 0.513. The van der Waals surface area contributed by atoms with Crippen LogP contribution in [0.4, 0.5) is 17.3 Å². The molecule has 26 heavy (non-hydrogen) atoms. The number of carbonyl (C=O) groups excluding carboxylic acids is 1. The third kappa shape index (κ3) is 4.48. The number of nitrogens with one attached hydrogen (secondary N) is 3. The average Bonchev–Trinajstić information content (AvgIpc) is 2.67. The van der Waals surface area contributed by atoms with Gasteiger partial charge in [-0.2, -0.15) is 0 Å². The molecule has 1 amide bonds. The highest BCUT2D eigenvalue weighted by molar-refractivity contribution is 9.10. The molecule has 0 atom stereocenters. The van der Waals surface area contributed by atoms with Gasteiger partial charge in [-0.05, 0) is 29.8 Å². The molecule has 8 heteroatoms. The molecule has 0 aliphatic carbocycles. The number of hydrogen-bond acceptors (Lipinski definition) is 6. The maximum atomic E-state index is 12.1. The molecule has 0 spiro atoms. The number of nitrogen functional groups attached to an aromatic ring is 1. The van der Waals surface area contributed by atoms with E-state index >= 15 is 0 Å². The van der Waals surface area contributed by atoms with Crippen LogP contribution < -0.4 is 21.9 Å². The van der Waals surface area contributed by atoms with Gasteiger partial charge in [0.15, 0.2) is 11.6 Å². The molecule has 0 saturated heterocycles. The summed E-state index contributed by atoms with van der Waals surface area (Å²) in [6.07, 6.45) is 1.37. The lowest BCUT2D eigenvalue weighted by Gasteiger charge is -2.13. The molecule has 0 radical (unpaired) electrons. The van der Waals surface area contributed by atoms with Crippen LogP contribution >= 0.6 is 15.9 Å². The van der Waals surface area contributed by atoms with E-state index in [-0.39, 0.29) is 5.91 Å². The fourth-order valence-electron chi connectivity index (χ4n) is 2.21. The van der Waals surface area contributed by atoms with Crippen molar-refractivity contribution in [3.63, 3.8) is 0 Å². The van der Waals surface area contributed by atoms with E-state index in [1.165, 1.54) is 6.33 Å². The van der Waals surface area contributed by atoms with Crippen molar-refractivity contribution in [3.05, 3.63) is 76.5 Å². The molecule has 132 valence electrons. The van der Waals surface area contributed by atoms with Crippen molar-refractivity contribution in [1.82, 2.24) is 15.4 Å². The average molecular weight is 413 g/mol. The Labute approximate surface area is 159 Å². The number of hydrazine groups is 1. The molecule has 5 N–H and O–H groups in total. The Hall–Kier alpha value is -3.13. The SMILES string of the molecule is Nc1c(NCc2ccccc2)ncnc1NNC(=O)c1ccc(Br)cc1. The topological polar surface area (TPSA) is 105 Å². The molecule has 0 fully saturated rings. The van der Waals surface area contributed by atoms with Gasteiger partial charge in [-0.15, -0.1) is 0 Å². The predicted octanol–water partition coefficient (Wildman–Crippen LogP) is 3.19. The second-order valence-corrected chi connectivity index (χ2v) is 6.33. The lowest BCUT2D eigenvalue weighted by molar-refractivity contribution is 0.0962. The molecule has 3 rings (SSSR count). The van der Waals surface area contributed by atoms with Gasteiger partial charge in [0.1, 0.15) is 12.0 Å².